The van der Waals surface area contributed by atoms with Gasteiger partial charge in [-0.3, -0.25) is 15.0 Å². The number of anilines is 2. The van der Waals surface area contributed by atoms with Gasteiger partial charge in [-0.05, 0) is 37.3 Å². The Labute approximate surface area is 201 Å². The van der Waals surface area contributed by atoms with Crippen molar-refractivity contribution in [2.75, 3.05) is 44.8 Å². The molecule has 5 rings (SSSR count). The molecule has 176 valence electrons. The Balaban J connectivity index is 1.29. The second kappa shape index (κ2) is 10.2. The van der Waals surface area contributed by atoms with E-state index in [9.17, 15) is 0 Å². The molecule has 1 aromatic carbocycles. The Morgan fingerprint density at radius 2 is 2.03 bits per heavy atom. The lowest BCUT2D eigenvalue weighted by atomic mass is 10.3. The van der Waals surface area contributed by atoms with Crippen LogP contribution in [0.1, 0.15) is 5.69 Å². The molecule has 0 spiro atoms. The highest BCUT2D eigenvalue weighted by Crippen LogP contribution is 2.34. The van der Waals surface area contributed by atoms with Gasteiger partial charge in [0.15, 0.2) is 5.65 Å². The Morgan fingerprint density at radius 3 is 2.82 bits per heavy atom. The summed E-state index contributed by atoms with van der Waals surface area (Å²) in [6.07, 6.45) is 3.12. The van der Waals surface area contributed by atoms with Crippen LogP contribution >= 0.6 is 11.6 Å². The lowest BCUT2D eigenvalue weighted by Gasteiger charge is -2.26. The summed E-state index contributed by atoms with van der Waals surface area (Å²) in [6.45, 7) is 6.52. The molecule has 34 heavy (non-hydrogen) atoms. The number of morpholine rings is 1. The third-order valence-corrected chi connectivity index (χ3v) is 5.68. The maximum atomic E-state index is 6.47. The van der Waals surface area contributed by atoms with E-state index in [0.717, 1.165) is 44.2 Å². The van der Waals surface area contributed by atoms with Crippen LogP contribution in [0.3, 0.4) is 0 Å². The number of ether oxygens (including phenoxy) is 3. The molecule has 2 N–H and O–H groups in total. The third-order valence-electron chi connectivity index (χ3n) is 5.38. The zero-order chi connectivity index (χ0) is 23.3. The van der Waals surface area contributed by atoms with Crippen LogP contribution in [0.15, 0.2) is 42.9 Å². The summed E-state index contributed by atoms with van der Waals surface area (Å²) in [4.78, 5) is 15.2. The fraction of sp³-hybridized carbons (Fsp3) is 0.304. The number of H-pyrrole nitrogens is 1. The molecule has 10 nitrogen and oxygen atoms in total. The van der Waals surface area contributed by atoms with E-state index >= 15 is 0 Å². The first kappa shape index (κ1) is 22.3. The highest BCUT2D eigenvalue weighted by Gasteiger charge is 2.16. The van der Waals surface area contributed by atoms with Crippen LogP contribution in [-0.2, 0) is 4.74 Å². The second-order valence-corrected chi connectivity index (χ2v) is 8.19. The average molecular weight is 482 g/mol. The molecule has 1 aliphatic heterocycles. The fourth-order valence-electron chi connectivity index (χ4n) is 3.57. The standard InChI is InChI=1S/C23H24ClN7O3/c1-15-2-4-17(13-25-15)34-19-5-3-16(12-18(19)24)28-21-20-22(27-14-26-21)29-30-23(20)33-11-8-31-6-9-32-10-7-31/h2-5,12-14H,6-11H2,1H3,(H2,26,27,28,29,30). The van der Waals surface area contributed by atoms with E-state index in [2.05, 4.69) is 35.4 Å². The van der Waals surface area contributed by atoms with E-state index in [0.29, 0.717) is 45.9 Å². The van der Waals surface area contributed by atoms with E-state index in [1.165, 1.54) is 6.33 Å². The maximum Gasteiger partial charge on any atom is 0.246 e. The van der Waals surface area contributed by atoms with Gasteiger partial charge in [-0.15, -0.1) is 5.10 Å². The molecule has 4 aromatic rings. The number of hydrogen-bond acceptors (Lipinski definition) is 9. The van der Waals surface area contributed by atoms with Crippen molar-refractivity contribution in [3.8, 4) is 17.4 Å². The normalized spacial score (nSPS) is 14.3. The number of nitrogens with zero attached hydrogens (tertiary/aromatic N) is 5. The van der Waals surface area contributed by atoms with Crippen LogP contribution in [0, 0.1) is 6.92 Å². The third kappa shape index (κ3) is 5.19. The lowest BCUT2D eigenvalue weighted by Crippen LogP contribution is -2.38. The molecule has 0 amide bonds. The average Bonchev–Trinajstić information content (AvgIpc) is 3.27. The summed E-state index contributed by atoms with van der Waals surface area (Å²) in [5.74, 6) is 2.15. The number of fused-ring (bicyclic) bond motifs is 1. The summed E-state index contributed by atoms with van der Waals surface area (Å²) in [7, 11) is 0. The number of benzene rings is 1. The van der Waals surface area contributed by atoms with Gasteiger partial charge in [-0.1, -0.05) is 11.6 Å². The number of aromatic nitrogens is 5. The number of aromatic amines is 1. The van der Waals surface area contributed by atoms with Crippen molar-refractivity contribution in [1.29, 1.82) is 0 Å². The number of hydrogen-bond donors (Lipinski definition) is 2. The van der Waals surface area contributed by atoms with Gasteiger partial charge in [-0.2, -0.15) is 0 Å². The minimum absolute atomic E-state index is 0.448. The van der Waals surface area contributed by atoms with Crippen LogP contribution in [0.2, 0.25) is 5.02 Å². The van der Waals surface area contributed by atoms with Crippen molar-refractivity contribution in [1.82, 2.24) is 30.0 Å². The Hall–Kier alpha value is -3.47. The summed E-state index contributed by atoms with van der Waals surface area (Å²) in [5, 5.41) is 11.6. The fourth-order valence-corrected chi connectivity index (χ4v) is 3.79. The first-order valence-electron chi connectivity index (χ1n) is 10.9. The van der Waals surface area contributed by atoms with Gasteiger partial charge in [0.25, 0.3) is 0 Å². The minimum Gasteiger partial charge on any atom is -0.475 e. The number of rotatable bonds is 8. The van der Waals surface area contributed by atoms with E-state index in [1.807, 2.05) is 25.1 Å². The summed E-state index contributed by atoms with van der Waals surface area (Å²) >= 11 is 6.47. The molecule has 11 heteroatoms. The molecular formula is C23H24ClN7O3. The van der Waals surface area contributed by atoms with E-state index in [4.69, 9.17) is 25.8 Å². The topological polar surface area (TPSA) is 110 Å². The predicted octanol–water partition coefficient (Wildman–Crippen LogP) is 3.96. The molecule has 3 aromatic heterocycles. The molecule has 1 fully saturated rings. The molecule has 4 heterocycles. The van der Waals surface area contributed by atoms with Crippen LogP contribution in [-0.4, -0.2) is 69.5 Å². The van der Waals surface area contributed by atoms with Crippen molar-refractivity contribution >= 4 is 34.1 Å². The first-order valence-corrected chi connectivity index (χ1v) is 11.3. The summed E-state index contributed by atoms with van der Waals surface area (Å²) in [6, 6.07) is 9.15. The van der Waals surface area contributed by atoms with Crippen molar-refractivity contribution in [3.63, 3.8) is 0 Å². The molecule has 1 saturated heterocycles. The molecule has 0 saturated carbocycles. The largest absolute Gasteiger partial charge is 0.475 e. The van der Waals surface area contributed by atoms with Gasteiger partial charge in [0.05, 0.1) is 24.4 Å². The van der Waals surface area contributed by atoms with Gasteiger partial charge in [0.2, 0.25) is 5.88 Å². The maximum absolute atomic E-state index is 6.47. The smallest absolute Gasteiger partial charge is 0.246 e. The zero-order valence-electron chi connectivity index (χ0n) is 18.6. The molecule has 0 unspecified atom stereocenters. The van der Waals surface area contributed by atoms with Crippen LogP contribution in [0.4, 0.5) is 11.5 Å². The van der Waals surface area contributed by atoms with Crippen molar-refractivity contribution in [2.24, 2.45) is 0 Å². The van der Waals surface area contributed by atoms with E-state index in [1.54, 1.807) is 18.3 Å². The molecule has 0 radical (unpaired) electrons. The predicted molar refractivity (Wildman–Crippen MR) is 128 cm³/mol. The van der Waals surface area contributed by atoms with Gasteiger partial charge >= 0.3 is 0 Å². The van der Waals surface area contributed by atoms with Gasteiger partial charge in [-0.25, -0.2) is 9.97 Å². The molecule has 0 aliphatic carbocycles. The second-order valence-electron chi connectivity index (χ2n) is 7.78. The van der Waals surface area contributed by atoms with Gasteiger partial charge in [0, 0.05) is 31.0 Å². The first-order chi connectivity index (χ1) is 16.7. The van der Waals surface area contributed by atoms with Crippen LogP contribution in [0.25, 0.3) is 11.0 Å². The SMILES string of the molecule is Cc1ccc(Oc2ccc(Nc3ncnc4[nH]nc(OCCN5CCOCC5)c34)cc2Cl)cn1. The van der Waals surface area contributed by atoms with Crippen molar-refractivity contribution in [2.45, 2.75) is 6.92 Å². The minimum atomic E-state index is 0.448. The number of aryl methyl sites for hydroxylation is 1. The quantitative estimate of drug-likeness (QED) is 0.386. The zero-order valence-corrected chi connectivity index (χ0v) is 19.4. The summed E-state index contributed by atoms with van der Waals surface area (Å²) in [5.41, 5.74) is 2.23. The Kier molecular flexibility index (Phi) is 6.70. The van der Waals surface area contributed by atoms with Crippen LogP contribution < -0.4 is 14.8 Å². The van der Waals surface area contributed by atoms with Gasteiger partial charge in [0.1, 0.15) is 35.6 Å². The lowest BCUT2D eigenvalue weighted by molar-refractivity contribution is 0.0321. The van der Waals surface area contributed by atoms with Crippen molar-refractivity contribution < 1.29 is 14.2 Å². The molecule has 0 bridgehead atoms. The van der Waals surface area contributed by atoms with Crippen LogP contribution in [0.5, 0.6) is 17.4 Å². The van der Waals surface area contributed by atoms with Crippen molar-refractivity contribution in [3.05, 3.63) is 53.6 Å². The molecule has 1 aliphatic rings. The Morgan fingerprint density at radius 1 is 1.15 bits per heavy atom. The number of nitrogens with one attached hydrogen (secondary N) is 2. The highest BCUT2D eigenvalue weighted by atomic mass is 35.5. The number of halogens is 1. The Bertz CT molecular complexity index is 1260. The molecular weight excluding hydrogens is 458 g/mol. The van der Waals surface area contributed by atoms with Gasteiger partial charge < -0.3 is 19.5 Å². The summed E-state index contributed by atoms with van der Waals surface area (Å²) < 4.78 is 17.2. The highest BCUT2D eigenvalue weighted by molar-refractivity contribution is 6.32. The monoisotopic (exact) mass is 481 g/mol. The number of pyridine rings is 1. The molecule has 0 atom stereocenters. The van der Waals surface area contributed by atoms with E-state index < -0.39 is 0 Å². The van der Waals surface area contributed by atoms with E-state index in [-0.39, 0.29) is 0 Å².